The molecular weight excluding hydrogens is 496 g/mol. The summed E-state index contributed by atoms with van der Waals surface area (Å²) in [5.41, 5.74) is 2.26. The van der Waals surface area contributed by atoms with Gasteiger partial charge in [-0.05, 0) is 72.7 Å². The van der Waals surface area contributed by atoms with Gasteiger partial charge in [-0.25, -0.2) is 0 Å². The highest BCUT2D eigenvalue weighted by Gasteiger charge is 2.38. The molecule has 3 heterocycles. The van der Waals surface area contributed by atoms with Gasteiger partial charge in [0.15, 0.2) is 11.3 Å². The fraction of sp³-hybridized carbons (Fsp3) is 0.167. The molecule has 7 heteroatoms. The average Bonchev–Trinajstić information content (AvgIpc) is 3.54. The van der Waals surface area contributed by atoms with E-state index in [-0.39, 0.29) is 16.9 Å². The number of anilines is 1. The maximum atomic E-state index is 9.74. The predicted octanol–water partition coefficient (Wildman–Crippen LogP) is 7.79. The molecule has 0 unspecified atom stereocenters. The number of nitriles is 3. The van der Waals surface area contributed by atoms with Gasteiger partial charge < -0.3 is 9.64 Å². The van der Waals surface area contributed by atoms with Crippen molar-refractivity contribution in [3.63, 3.8) is 0 Å². The Morgan fingerprint density at radius 1 is 0.892 bits per heavy atom. The fourth-order valence-electron chi connectivity index (χ4n) is 4.39. The molecule has 0 saturated heterocycles. The lowest BCUT2D eigenvalue weighted by Gasteiger charge is -2.20. The van der Waals surface area contributed by atoms with Gasteiger partial charge in [-0.15, -0.1) is 22.7 Å². The minimum atomic E-state index is -0.823. The van der Waals surface area contributed by atoms with E-state index in [1.165, 1.54) is 36.3 Å². The highest BCUT2D eigenvalue weighted by molar-refractivity contribution is 7.23. The maximum absolute atomic E-state index is 9.74. The van der Waals surface area contributed by atoms with Crippen molar-refractivity contribution >= 4 is 54.6 Å². The molecule has 1 aliphatic rings. The number of fused-ring (bicyclic) bond motifs is 2. The first-order chi connectivity index (χ1) is 17.7. The molecule has 0 amide bonds. The minimum Gasteiger partial charge on any atom is -0.480 e. The van der Waals surface area contributed by atoms with Crippen molar-refractivity contribution in [1.82, 2.24) is 0 Å². The van der Waals surface area contributed by atoms with Crippen LogP contribution in [0.3, 0.4) is 0 Å². The summed E-state index contributed by atoms with van der Waals surface area (Å²) >= 11 is 3.47. The Bertz CT molecular complexity index is 1710. The second kappa shape index (κ2) is 9.26. The van der Waals surface area contributed by atoms with Crippen LogP contribution in [0.25, 0.3) is 36.7 Å². The van der Waals surface area contributed by atoms with Crippen LogP contribution in [0.5, 0.6) is 0 Å². The number of hydrogen-bond donors (Lipinski definition) is 0. The number of ether oxygens (including phenoxy) is 1. The summed E-state index contributed by atoms with van der Waals surface area (Å²) in [5.74, 6) is 0.0564. The summed E-state index contributed by atoms with van der Waals surface area (Å²) in [7, 11) is 4.08. The molecule has 37 heavy (non-hydrogen) atoms. The number of nitrogens with zero attached hydrogens (tertiary/aromatic N) is 4. The summed E-state index contributed by atoms with van der Waals surface area (Å²) in [4.78, 5) is 4.39. The van der Waals surface area contributed by atoms with Crippen LogP contribution >= 0.6 is 22.7 Å². The predicted molar refractivity (Wildman–Crippen MR) is 152 cm³/mol. The van der Waals surface area contributed by atoms with Crippen LogP contribution in [0.4, 0.5) is 5.69 Å². The van der Waals surface area contributed by atoms with E-state index in [2.05, 4.69) is 59.5 Å². The number of allylic oxidation sites excluding steroid dienone is 2. The molecule has 0 aliphatic carbocycles. The Morgan fingerprint density at radius 3 is 2.16 bits per heavy atom. The van der Waals surface area contributed by atoms with Crippen LogP contribution in [0.15, 0.2) is 77.1 Å². The molecular formula is C30H22N4OS2. The van der Waals surface area contributed by atoms with Crippen LogP contribution in [0.1, 0.15) is 18.7 Å². The summed E-state index contributed by atoms with van der Waals surface area (Å²) in [6.07, 6.45) is 3.83. The molecule has 0 bridgehead atoms. The van der Waals surface area contributed by atoms with Gasteiger partial charge >= 0.3 is 0 Å². The van der Waals surface area contributed by atoms with E-state index in [0.29, 0.717) is 5.57 Å². The zero-order valence-corrected chi connectivity index (χ0v) is 22.4. The third-order valence-electron chi connectivity index (χ3n) is 6.32. The van der Waals surface area contributed by atoms with Crippen LogP contribution < -0.4 is 4.90 Å². The topological polar surface area (TPSA) is 83.8 Å². The van der Waals surface area contributed by atoms with Crippen LogP contribution in [0, 0.1) is 34.0 Å². The molecule has 5 nitrogen and oxygen atoms in total. The molecule has 0 spiro atoms. The Labute approximate surface area is 223 Å². The highest BCUT2D eigenvalue weighted by Crippen LogP contribution is 2.42. The van der Waals surface area contributed by atoms with Crippen LogP contribution in [-0.4, -0.2) is 19.7 Å². The second-order valence-corrected chi connectivity index (χ2v) is 11.6. The zero-order valence-electron chi connectivity index (χ0n) is 20.8. The largest absolute Gasteiger partial charge is 0.480 e. The summed E-state index contributed by atoms with van der Waals surface area (Å²) < 4.78 is 8.28. The second-order valence-electron chi connectivity index (χ2n) is 9.40. The Morgan fingerprint density at radius 2 is 1.54 bits per heavy atom. The van der Waals surface area contributed by atoms with Crippen LogP contribution in [-0.2, 0) is 4.74 Å². The van der Waals surface area contributed by atoms with E-state index in [1.54, 1.807) is 22.7 Å². The van der Waals surface area contributed by atoms with E-state index in [1.807, 2.05) is 52.2 Å². The SMILES string of the molecule is CN(C)c1ccc(-c2cc3cc4sc(/C=C/C5=C(C#N)C(=C(C#N)C#N)OC5(C)C)cc4cc3s2)cc1. The Hall–Kier alpha value is -4.35. The monoisotopic (exact) mass is 518 g/mol. The van der Waals surface area contributed by atoms with Gasteiger partial charge in [0.05, 0.1) is 0 Å². The van der Waals surface area contributed by atoms with Crippen molar-refractivity contribution in [2.75, 3.05) is 19.0 Å². The van der Waals surface area contributed by atoms with E-state index < -0.39 is 5.60 Å². The highest BCUT2D eigenvalue weighted by atomic mass is 32.1. The van der Waals surface area contributed by atoms with Gasteiger partial charge in [-0.3, -0.25) is 0 Å². The lowest BCUT2D eigenvalue weighted by Crippen LogP contribution is -2.20. The Kier molecular flexibility index (Phi) is 6.10. The van der Waals surface area contributed by atoms with Crippen molar-refractivity contribution in [3.8, 4) is 28.6 Å². The number of thiophene rings is 2. The van der Waals surface area contributed by atoms with E-state index in [9.17, 15) is 15.8 Å². The van der Waals surface area contributed by atoms with Crippen molar-refractivity contribution in [2.24, 2.45) is 0 Å². The zero-order chi connectivity index (χ0) is 26.3. The van der Waals surface area contributed by atoms with Gasteiger partial charge in [0.25, 0.3) is 0 Å². The molecule has 4 aromatic rings. The maximum Gasteiger partial charge on any atom is 0.172 e. The van der Waals surface area contributed by atoms with E-state index in [0.717, 1.165) is 4.88 Å². The molecule has 2 aromatic heterocycles. The Balaban J connectivity index is 1.48. The number of hydrogen-bond acceptors (Lipinski definition) is 7. The molecule has 0 atom stereocenters. The molecule has 1 aliphatic heterocycles. The van der Waals surface area contributed by atoms with Gasteiger partial charge in [-0.2, -0.15) is 15.8 Å². The third kappa shape index (κ3) is 4.39. The molecule has 5 rings (SSSR count). The smallest absolute Gasteiger partial charge is 0.172 e. The van der Waals surface area contributed by atoms with Crippen molar-refractivity contribution in [1.29, 1.82) is 15.8 Å². The third-order valence-corrected chi connectivity index (χ3v) is 8.53. The lowest BCUT2D eigenvalue weighted by atomic mass is 9.94. The van der Waals surface area contributed by atoms with E-state index >= 15 is 0 Å². The standard InChI is InChI=1S/C30H22N4OS2/c1-30(2)25(24(17-33)29(35-30)21(15-31)16-32)10-9-23-11-19-12-28-20(14-27(19)36-23)13-26(37-28)18-5-7-22(8-6-18)34(3)4/h5-14H,1-4H3/b10-9+. The first-order valence-electron chi connectivity index (χ1n) is 11.6. The number of benzene rings is 2. The van der Waals surface area contributed by atoms with Gasteiger partial charge in [0, 0.05) is 44.5 Å². The molecule has 0 N–H and O–H groups in total. The van der Waals surface area contributed by atoms with Gasteiger partial charge in [0.2, 0.25) is 0 Å². The minimum absolute atomic E-state index is 0.0564. The lowest BCUT2D eigenvalue weighted by molar-refractivity contribution is 0.0954. The average molecular weight is 519 g/mol. The van der Waals surface area contributed by atoms with Crippen LogP contribution in [0.2, 0.25) is 0 Å². The van der Waals surface area contributed by atoms with Gasteiger partial charge in [-0.1, -0.05) is 18.2 Å². The van der Waals surface area contributed by atoms with Crippen molar-refractivity contribution < 1.29 is 4.74 Å². The molecule has 180 valence electrons. The van der Waals surface area contributed by atoms with E-state index in [4.69, 9.17) is 4.74 Å². The number of rotatable bonds is 4. The van der Waals surface area contributed by atoms with Crippen molar-refractivity contribution in [2.45, 2.75) is 19.4 Å². The molecule has 0 fully saturated rings. The molecule has 0 radical (unpaired) electrons. The molecule has 2 aromatic carbocycles. The fourth-order valence-corrected chi connectivity index (χ4v) is 6.48. The first-order valence-corrected chi connectivity index (χ1v) is 13.2. The summed E-state index contributed by atoms with van der Waals surface area (Å²) in [5, 5.41) is 30.7. The first kappa shape index (κ1) is 24.3. The quantitative estimate of drug-likeness (QED) is 0.257. The normalized spacial score (nSPS) is 14.6. The summed E-state index contributed by atoms with van der Waals surface area (Å²) in [6.45, 7) is 3.65. The van der Waals surface area contributed by atoms with Gasteiger partial charge in [0.1, 0.15) is 29.4 Å². The summed E-state index contributed by atoms with van der Waals surface area (Å²) in [6, 6.07) is 23.2. The molecule has 0 saturated carbocycles. The van der Waals surface area contributed by atoms with Crippen molar-refractivity contribution in [3.05, 3.63) is 82.0 Å².